The number of piperidine rings is 1. The smallest absolute Gasteiger partial charge is 0.228 e. The topological polar surface area (TPSA) is 32.3 Å². The van der Waals surface area contributed by atoms with Crippen LogP contribution in [0, 0.1) is 11.3 Å². The molecule has 0 aromatic heterocycles. The Bertz CT molecular complexity index is 273. The van der Waals surface area contributed by atoms with E-state index in [1.165, 1.54) is 19.3 Å². The van der Waals surface area contributed by atoms with E-state index in [1.807, 2.05) is 0 Å². The molecule has 0 bridgehead atoms. The molecule has 104 valence electrons. The number of nitrogens with one attached hydrogen (secondary N) is 1. The van der Waals surface area contributed by atoms with Crippen LogP contribution in [0.5, 0.6) is 0 Å². The number of rotatable bonds is 5. The van der Waals surface area contributed by atoms with E-state index in [0.29, 0.717) is 5.91 Å². The third-order valence-electron chi connectivity index (χ3n) is 5.03. The Kier molecular flexibility index (Phi) is 4.66. The summed E-state index contributed by atoms with van der Waals surface area (Å²) in [7, 11) is 0. The maximum Gasteiger partial charge on any atom is 0.228 e. The number of carbonyl (C=O) groups excluding carboxylic acids is 1. The lowest BCUT2D eigenvalue weighted by Gasteiger charge is -2.45. The molecule has 0 atom stereocenters. The molecule has 1 saturated carbocycles. The first-order valence-electron chi connectivity index (χ1n) is 7.72. The molecule has 0 aromatic carbocycles. The fraction of sp³-hybridized carbons (Fsp3) is 0.933. The van der Waals surface area contributed by atoms with Crippen molar-refractivity contribution < 1.29 is 4.79 Å². The van der Waals surface area contributed by atoms with E-state index in [2.05, 4.69) is 24.1 Å². The van der Waals surface area contributed by atoms with Crippen molar-refractivity contribution in [1.29, 1.82) is 0 Å². The predicted molar refractivity (Wildman–Crippen MR) is 74.4 cm³/mol. The van der Waals surface area contributed by atoms with Crippen LogP contribution in [0.3, 0.4) is 0 Å². The van der Waals surface area contributed by atoms with Crippen LogP contribution < -0.4 is 5.32 Å². The second kappa shape index (κ2) is 6.05. The lowest BCUT2D eigenvalue weighted by Crippen LogP contribution is -2.50. The second-order valence-electron chi connectivity index (χ2n) is 6.03. The molecule has 1 N–H and O–H groups in total. The SMILES string of the molecule is CCNCC1CCN(C(=O)C2(CC)CCC2)CC1. The first-order valence-corrected chi connectivity index (χ1v) is 7.72. The quantitative estimate of drug-likeness (QED) is 0.815. The lowest BCUT2D eigenvalue weighted by molar-refractivity contribution is -0.149. The molecule has 3 nitrogen and oxygen atoms in total. The summed E-state index contributed by atoms with van der Waals surface area (Å²) in [6.07, 6.45) is 6.88. The van der Waals surface area contributed by atoms with Gasteiger partial charge in [0.05, 0.1) is 0 Å². The van der Waals surface area contributed by atoms with Crippen LogP contribution in [0.1, 0.15) is 52.4 Å². The minimum absolute atomic E-state index is 0.0362. The van der Waals surface area contributed by atoms with Crippen molar-refractivity contribution >= 4 is 5.91 Å². The van der Waals surface area contributed by atoms with Gasteiger partial charge in [-0.15, -0.1) is 0 Å². The van der Waals surface area contributed by atoms with Gasteiger partial charge in [-0.1, -0.05) is 20.3 Å². The predicted octanol–water partition coefficient (Wildman–Crippen LogP) is 2.41. The van der Waals surface area contributed by atoms with Gasteiger partial charge in [-0.25, -0.2) is 0 Å². The van der Waals surface area contributed by atoms with Crippen molar-refractivity contribution in [3.8, 4) is 0 Å². The van der Waals surface area contributed by atoms with Crippen LogP contribution >= 0.6 is 0 Å². The van der Waals surface area contributed by atoms with E-state index in [4.69, 9.17) is 0 Å². The fourth-order valence-corrected chi connectivity index (χ4v) is 3.35. The number of amides is 1. The van der Waals surface area contributed by atoms with Crippen LogP contribution in [0.4, 0.5) is 0 Å². The third-order valence-corrected chi connectivity index (χ3v) is 5.03. The Balaban J connectivity index is 1.80. The van der Waals surface area contributed by atoms with Gasteiger partial charge in [-0.3, -0.25) is 4.79 Å². The van der Waals surface area contributed by atoms with Gasteiger partial charge in [-0.2, -0.15) is 0 Å². The highest BCUT2D eigenvalue weighted by Gasteiger charge is 2.44. The van der Waals surface area contributed by atoms with E-state index in [9.17, 15) is 4.79 Å². The Labute approximate surface area is 111 Å². The maximum atomic E-state index is 12.6. The van der Waals surface area contributed by atoms with Crippen LogP contribution in [0.2, 0.25) is 0 Å². The minimum atomic E-state index is 0.0362. The zero-order valence-electron chi connectivity index (χ0n) is 12.0. The molecule has 0 radical (unpaired) electrons. The molecule has 2 aliphatic rings. The monoisotopic (exact) mass is 252 g/mol. The van der Waals surface area contributed by atoms with E-state index in [1.54, 1.807) is 0 Å². The molecule has 1 aliphatic heterocycles. The molecule has 0 unspecified atom stereocenters. The van der Waals surface area contributed by atoms with Gasteiger partial charge in [0.25, 0.3) is 0 Å². The standard InChI is InChI=1S/C15H28N2O/c1-3-15(8-5-9-15)14(18)17-10-6-13(7-11-17)12-16-4-2/h13,16H,3-12H2,1-2H3. The zero-order chi connectivity index (χ0) is 13.0. The van der Waals surface area contributed by atoms with Crippen molar-refractivity contribution in [2.75, 3.05) is 26.2 Å². The fourth-order valence-electron chi connectivity index (χ4n) is 3.35. The van der Waals surface area contributed by atoms with Crippen molar-refractivity contribution in [2.45, 2.75) is 52.4 Å². The van der Waals surface area contributed by atoms with E-state index < -0.39 is 0 Å². The zero-order valence-corrected chi connectivity index (χ0v) is 12.0. The number of hydrogen-bond donors (Lipinski definition) is 1. The second-order valence-corrected chi connectivity index (χ2v) is 6.03. The highest BCUT2D eigenvalue weighted by molar-refractivity contribution is 5.83. The van der Waals surface area contributed by atoms with E-state index in [-0.39, 0.29) is 5.41 Å². The molecular weight excluding hydrogens is 224 g/mol. The summed E-state index contributed by atoms with van der Waals surface area (Å²) in [6, 6.07) is 0. The van der Waals surface area contributed by atoms with E-state index in [0.717, 1.165) is 51.4 Å². The summed E-state index contributed by atoms with van der Waals surface area (Å²) >= 11 is 0. The van der Waals surface area contributed by atoms with Crippen LogP contribution in [0.15, 0.2) is 0 Å². The molecule has 3 heteroatoms. The van der Waals surface area contributed by atoms with Crippen LogP contribution in [-0.2, 0) is 4.79 Å². The maximum absolute atomic E-state index is 12.6. The minimum Gasteiger partial charge on any atom is -0.342 e. The summed E-state index contributed by atoms with van der Waals surface area (Å²) in [4.78, 5) is 14.7. The molecule has 0 spiro atoms. The molecule has 1 amide bonds. The van der Waals surface area contributed by atoms with Crippen molar-refractivity contribution in [2.24, 2.45) is 11.3 Å². The number of nitrogens with zero attached hydrogens (tertiary/aromatic N) is 1. The summed E-state index contributed by atoms with van der Waals surface area (Å²) in [5.41, 5.74) is 0.0362. The lowest BCUT2D eigenvalue weighted by atomic mass is 9.66. The van der Waals surface area contributed by atoms with Gasteiger partial charge in [-0.05, 0) is 51.1 Å². The van der Waals surface area contributed by atoms with Gasteiger partial charge in [0.1, 0.15) is 0 Å². The Hall–Kier alpha value is -0.570. The molecule has 1 heterocycles. The number of carbonyl (C=O) groups is 1. The number of likely N-dealkylation sites (tertiary alicyclic amines) is 1. The largest absolute Gasteiger partial charge is 0.342 e. The van der Waals surface area contributed by atoms with Gasteiger partial charge in [0.2, 0.25) is 5.91 Å². The van der Waals surface area contributed by atoms with Gasteiger partial charge in [0, 0.05) is 18.5 Å². The summed E-state index contributed by atoms with van der Waals surface area (Å²) < 4.78 is 0. The summed E-state index contributed by atoms with van der Waals surface area (Å²) in [6.45, 7) is 8.47. The van der Waals surface area contributed by atoms with Crippen LogP contribution in [-0.4, -0.2) is 37.0 Å². The molecule has 0 aromatic rings. The first-order chi connectivity index (χ1) is 8.72. The normalized spacial score (nSPS) is 23.8. The molecule has 18 heavy (non-hydrogen) atoms. The average Bonchev–Trinajstić information content (AvgIpc) is 2.36. The summed E-state index contributed by atoms with van der Waals surface area (Å²) in [5.74, 6) is 1.23. The highest BCUT2D eigenvalue weighted by atomic mass is 16.2. The van der Waals surface area contributed by atoms with Gasteiger partial charge in [0.15, 0.2) is 0 Å². The Morgan fingerprint density at radius 3 is 2.39 bits per heavy atom. The number of hydrogen-bond acceptors (Lipinski definition) is 2. The summed E-state index contributed by atoms with van der Waals surface area (Å²) in [5, 5.41) is 3.42. The molecular formula is C15H28N2O. The van der Waals surface area contributed by atoms with Crippen molar-refractivity contribution in [3.05, 3.63) is 0 Å². The molecule has 2 rings (SSSR count). The third kappa shape index (κ3) is 2.71. The van der Waals surface area contributed by atoms with Crippen molar-refractivity contribution in [3.63, 3.8) is 0 Å². The van der Waals surface area contributed by atoms with Crippen LogP contribution in [0.25, 0.3) is 0 Å². The van der Waals surface area contributed by atoms with E-state index >= 15 is 0 Å². The Morgan fingerprint density at radius 1 is 1.28 bits per heavy atom. The molecule has 2 fully saturated rings. The van der Waals surface area contributed by atoms with Crippen molar-refractivity contribution in [1.82, 2.24) is 10.2 Å². The first kappa shape index (κ1) is 13.9. The average molecular weight is 252 g/mol. The molecule has 1 saturated heterocycles. The Morgan fingerprint density at radius 2 is 1.94 bits per heavy atom. The van der Waals surface area contributed by atoms with Gasteiger partial charge < -0.3 is 10.2 Å². The highest BCUT2D eigenvalue weighted by Crippen LogP contribution is 2.45. The molecule has 1 aliphatic carbocycles. The van der Waals surface area contributed by atoms with Gasteiger partial charge >= 0.3 is 0 Å².